The smallest absolute Gasteiger partial charge is 0.111 e. The Morgan fingerprint density at radius 1 is 1.57 bits per heavy atom. The third-order valence-electron chi connectivity index (χ3n) is 0.582. The SMILES string of the molecule is C=P(O)(O)CCC. The summed E-state index contributed by atoms with van der Waals surface area (Å²) in [6.07, 6.45) is 4.43. The summed E-state index contributed by atoms with van der Waals surface area (Å²) < 4.78 is 0. The standard InChI is InChI=1S/C4H11O2P/c1-3-4-7(2,5)6/h5-6H,2-4H2,1H3. The first kappa shape index (κ1) is 7.22. The maximum Gasteiger partial charge on any atom is 0.111 e. The molecule has 0 bridgehead atoms. The van der Waals surface area contributed by atoms with Gasteiger partial charge in [-0.2, -0.15) is 0 Å². The highest BCUT2D eigenvalue weighted by molar-refractivity contribution is 7.62. The van der Waals surface area contributed by atoms with Gasteiger partial charge in [-0.3, -0.25) is 0 Å². The third-order valence-corrected chi connectivity index (χ3v) is 1.75. The Kier molecular flexibility index (Phi) is 2.59. The van der Waals surface area contributed by atoms with Crippen molar-refractivity contribution in [2.45, 2.75) is 13.3 Å². The van der Waals surface area contributed by atoms with E-state index in [0.717, 1.165) is 6.42 Å². The predicted octanol–water partition coefficient (Wildman–Crippen LogP) is 0.661. The molecule has 0 aromatic rings. The van der Waals surface area contributed by atoms with Gasteiger partial charge >= 0.3 is 0 Å². The normalized spacial score (nSPS) is 11.9. The topological polar surface area (TPSA) is 40.5 Å². The minimum atomic E-state index is -2.67. The molecule has 0 unspecified atom stereocenters. The lowest BCUT2D eigenvalue weighted by Gasteiger charge is -2.04. The van der Waals surface area contributed by atoms with Gasteiger partial charge in [0.2, 0.25) is 0 Å². The molecule has 0 aliphatic carbocycles. The highest BCUT2D eigenvalue weighted by Gasteiger charge is 1.98. The van der Waals surface area contributed by atoms with Crippen molar-refractivity contribution in [3.8, 4) is 0 Å². The van der Waals surface area contributed by atoms with Crippen molar-refractivity contribution >= 4 is 13.6 Å². The van der Waals surface area contributed by atoms with Crippen LogP contribution in [0.5, 0.6) is 0 Å². The molecule has 2 nitrogen and oxygen atoms in total. The summed E-state index contributed by atoms with van der Waals surface area (Å²) in [5.74, 6) is 0. The fourth-order valence-electron chi connectivity index (χ4n) is 0.358. The summed E-state index contributed by atoms with van der Waals surface area (Å²) in [7, 11) is -2.67. The molecule has 0 spiro atoms. The van der Waals surface area contributed by atoms with Gasteiger partial charge in [0.05, 0.1) is 0 Å². The van der Waals surface area contributed by atoms with Crippen LogP contribution in [0, 0.1) is 0 Å². The van der Waals surface area contributed by atoms with E-state index in [-0.39, 0.29) is 0 Å². The summed E-state index contributed by atoms with van der Waals surface area (Å²) in [6.45, 7) is 1.90. The summed E-state index contributed by atoms with van der Waals surface area (Å²) >= 11 is 0. The first-order valence-corrected chi connectivity index (χ1v) is 4.30. The molecule has 0 heterocycles. The van der Waals surface area contributed by atoms with E-state index in [2.05, 4.69) is 6.30 Å². The van der Waals surface area contributed by atoms with Gasteiger partial charge < -0.3 is 9.79 Å². The Labute approximate surface area is 43.9 Å². The second kappa shape index (κ2) is 2.51. The van der Waals surface area contributed by atoms with Gasteiger partial charge in [-0.05, 0) is 6.42 Å². The molecule has 0 rings (SSSR count). The van der Waals surface area contributed by atoms with Crippen LogP contribution in [0.3, 0.4) is 0 Å². The van der Waals surface area contributed by atoms with E-state index in [4.69, 9.17) is 9.79 Å². The maximum absolute atomic E-state index is 8.57. The lowest BCUT2D eigenvalue weighted by atomic mass is 10.6. The maximum atomic E-state index is 8.57. The van der Waals surface area contributed by atoms with Crippen LogP contribution in [-0.4, -0.2) is 22.2 Å². The quantitative estimate of drug-likeness (QED) is 0.528. The van der Waals surface area contributed by atoms with Gasteiger partial charge in [0, 0.05) is 6.16 Å². The molecule has 44 valence electrons. The van der Waals surface area contributed by atoms with Crippen LogP contribution in [0.1, 0.15) is 13.3 Å². The Bertz CT molecular complexity index is 83.7. The van der Waals surface area contributed by atoms with Gasteiger partial charge in [0.25, 0.3) is 0 Å². The first-order chi connectivity index (χ1) is 3.06. The molecule has 0 saturated carbocycles. The molecule has 0 radical (unpaired) electrons. The van der Waals surface area contributed by atoms with E-state index in [1.807, 2.05) is 6.92 Å². The van der Waals surface area contributed by atoms with E-state index in [9.17, 15) is 0 Å². The predicted molar refractivity (Wildman–Crippen MR) is 33.6 cm³/mol. The molecule has 0 aromatic carbocycles. The number of hydrogen-bond donors (Lipinski definition) is 2. The van der Waals surface area contributed by atoms with E-state index in [1.54, 1.807) is 0 Å². The van der Waals surface area contributed by atoms with E-state index in [0.29, 0.717) is 6.16 Å². The summed E-state index contributed by atoms with van der Waals surface area (Å²) in [5, 5.41) is 0. The Morgan fingerprint density at radius 3 is 2.00 bits per heavy atom. The zero-order valence-corrected chi connectivity index (χ0v) is 5.36. The average molecular weight is 122 g/mol. The molecule has 0 aliphatic rings. The lowest BCUT2D eigenvalue weighted by Crippen LogP contribution is -1.83. The zero-order chi connectivity index (χ0) is 5.91. The molecule has 0 aromatic heterocycles. The van der Waals surface area contributed by atoms with Crippen molar-refractivity contribution in [2.24, 2.45) is 0 Å². The zero-order valence-electron chi connectivity index (χ0n) is 4.46. The molecule has 3 heteroatoms. The molecule has 7 heavy (non-hydrogen) atoms. The molecule has 0 saturated heterocycles. The van der Waals surface area contributed by atoms with E-state index >= 15 is 0 Å². The summed E-state index contributed by atoms with van der Waals surface area (Å²) in [6, 6.07) is 0. The average Bonchev–Trinajstić information content (AvgIpc) is 1.30. The molecular weight excluding hydrogens is 111 g/mol. The van der Waals surface area contributed by atoms with Crippen LogP contribution >= 0.6 is 7.34 Å². The minimum Gasteiger partial charge on any atom is -0.353 e. The van der Waals surface area contributed by atoms with Gasteiger partial charge in [0.1, 0.15) is 7.34 Å². The Hall–Kier alpha value is 0.220. The van der Waals surface area contributed by atoms with Crippen LogP contribution in [0.25, 0.3) is 0 Å². The third kappa shape index (κ3) is 6.22. The molecule has 0 atom stereocenters. The lowest BCUT2D eigenvalue weighted by molar-refractivity contribution is 0.476. The van der Waals surface area contributed by atoms with Crippen LogP contribution in [0.4, 0.5) is 0 Å². The van der Waals surface area contributed by atoms with Crippen molar-refractivity contribution in [1.29, 1.82) is 0 Å². The molecule has 0 aliphatic heterocycles. The van der Waals surface area contributed by atoms with Crippen LogP contribution in [0.2, 0.25) is 0 Å². The number of hydrogen-bond acceptors (Lipinski definition) is 2. The van der Waals surface area contributed by atoms with Gasteiger partial charge in [-0.1, -0.05) is 13.2 Å². The summed E-state index contributed by atoms with van der Waals surface area (Å²) in [5.41, 5.74) is 0. The van der Waals surface area contributed by atoms with Crippen molar-refractivity contribution in [2.75, 3.05) is 6.16 Å². The molecule has 0 amide bonds. The van der Waals surface area contributed by atoms with Crippen molar-refractivity contribution in [3.63, 3.8) is 0 Å². The second-order valence-electron chi connectivity index (χ2n) is 1.60. The molecule has 0 fully saturated rings. The van der Waals surface area contributed by atoms with E-state index in [1.165, 1.54) is 0 Å². The van der Waals surface area contributed by atoms with Crippen molar-refractivity contribution < 1.29 is 9.79 Å². The fourth-order valence-corrected chi connectivity index (χ4v) is 1.07. The van der Waals surface area contributed by atoms with Crippen LogP contribution < -0.4 is 0 Å². The second-order valence-corrected chi connectivity index (χ2v) is 3.81. The Balaban J connectivity index is 3.36. The van der Waals surface area contributed by atoms with Crippen LogP contribution in [-0.2, 0) is 0 Å². The molecular formula is C4H11O2P. The fraction of sp³-hybridized carbons (Fsp3) is 0.750. The highest BCUT2D eigenvalue weighted by Crippen LogP contribution is 2.33. The largest absolute Gasteiger partial charge is 0.353 e. The molecule has 2 N–H and O–H groups in total. The monoisotopic (exact) mass is 122 g/mol. The van der Waals surface area contributed by atoms with Crippen molar-refractivity contribution in [1.82, 2.24) is 0 Å². The first-order valence-electron chi connectivity index (χ1n) is 2.24. The Morgan fingerprint density at radius 2 is 2.00 bits per heavy atom. The van der Waals surface area contributed by atoms with Gasteiger partial charge in [0.15, 0.2) is 0 Å². The van der Waals surface area contributed by atoms with Gasteiger partial charge in [-0.25, -0.2) is 0 Å². The van der Waals surface area contributed by atoms with E-state index < -0.39 is 7.34 Å². The van der Waals surface area contributed by atoms with Crippen LogP contribution in [0.15, 0.2) is 0 Å². The summed E-state index contributed by atoms with van der Waals surface area (Å²) in [4.78, 5) is 17.1. The highest BCUT2D eigenvalue weighted by atomic mass is 31.2. The minimum absolute atomic E-state index is 0.451. The van der Waals surface area contributed by atoms with Gasteiger partial charge in [-0.15, -0.1) is 0 Å². The number of rotatable bonds is 2. The van der Waals surface area contributed by atoms with Crippen molar-refractivity contribution in [3.05, 3.63) is 0 Å².